The third-order valence-corrected chi connectivity index (χ3v) is 8.16. The summed E-state index contributed by atoms with van der Waals surface area (Å²) in [5.74, 6) is -0.579. The number of halogens is 2. The summed E-state index contributed by atoms with van der Waals surface area (Å²) in [6.45, 7) is 8.18. The molecule has 5 rings (SSSR count). The first-order chi connectivity index (χ1) is 18.8. The average molecular weight is 558 g/mol. The summed E-state index contributed by atoms with van der Waals surface area (Å²) in [6, 6.07) is 22.8. The highest BCUT2D eigenvalue weighted by molar-refractivity contribution is 8.19. The molecule has 1 aromatic heterocycles. The van der Waals surface area contributed by atoms with Crippen molar-refractivity contribution in [3.05, 3.63) is 117 Å². The van der Waals surface area contributed by atoms with E-state index in [1.165, 1.54) is 29.0 Å². The molecule has 1 aliphatic rings. The van der Waals surface area contributed by atoms with Crippen molar-refractivity contribution < 1.29 is 9.18 Å². The number of amidine groups is 1. The molecule has 0 unspecified atom stereocenters. The van der Waals surface area contributed by atoms with Crippen molar-refractivity contribution in [1.29, 1.82) is 0 Å². The predicted octanol–water partition coefficient (Wildman–Crippen LogP) is 8.82. The van der Waals surface area contributed by atoms with Gasteiger partial charge in [-0.15, -0.1) is 0 Å². The third-order valence-electron chi connectivity index (χ3n) is 6.90. The van der Waals surface area contributed by atoms with Crippen molar-refractivity contribution in [2.75, 3.05) is 4.90 Å². The maximum absolute atomic E-state index is 13.8. The Bertz CT molecular complexity index is 1600. The Hall–Kier alpha value is -3.61. The number of hydrogen-bond acceptors (Lipinski definition) is 3. The molecule has 1 amide bonds. The molecule has 4 nitrogen and oxygen atoms in total. The van der Waals surface area contributed by atoms with Gasteiger partial charge in [-0.3, -0.25) is 9.69 Å². The van der Waals surface area contributed by atoms with E-state index in [4.69, 9.17) is 16.6 Å². The number of nitrogens with zero attached hydrogens (tertiary/aromatic N) is 3. The molecule has 2 heterocycles. The van der Waals surface area contributed by atoms with Crippen LogP contribution in [0, 0.1) is 19.7 Å². The molecular formula is C32H29ClFN3OS. The largest absolute Gasteiger partial charge is 0.318 e. The normalized spacial score (nSPS) is 15.6. The summed E-state index contributed by atoms with van der Waals surface area (Å²) >= 11 is 7.42. The van der Waals surface area contributed by atoms with Crippen molar-refractivity contribution in [2.24, 2.45) is 4.99 Å². The fourth-order valence-corrected chi connectivity index (χ4v) is 5.84. The number of aromatic nitrogens is 1. The number of carbonyl (C=O) groups excluding carboxylic acids is 1. The Kier molecular flexibility index (Phi) is 7.78. The summed E-state index contributed by atoms with van der Waals surface area (Å²) in [6.07, 6.45) is 3.79. The number of carbonyl (C=O) groups is 1. The molecule has 0 aliphatic carbocycles. The number of benzene rings is 3. The Morgan fingerprint density at radius 2 is 1.51 bits per heavy atom. The van der Waals surface area contributed by atoms with Crippen LogP contribution in [0.15, 0.2) is 82.7 Å². The summed E-state index contributed by atoms with van der Waals surface area (Å²) in [5, 5.41) is 0.679. The molecule has 0 radical (unpaired) electrons. The SMILES string of the molecule is CCc1ccc(N=C2S/C(=C\c3cc(C)n(-c4ccc(F)c(Cl)c4)c3C)C(=O)N2c2ccc(CC)cc2)cc1. The number of thioether (sulfide) groups is 1. The van der Waals surface area contributed by atoms with Gasteiger partial charge in [0, 0.05) is 17.1 Å². The molecule has 0 atom stereocenters. The maximum Gasteiger partial charge on any atom is 0.271 e. The minimum Gasteiger partial charge on any atom is -0.318 e. The van der Waals surface area contributed by atoms with Gasteiger partial charge in [0.1, 0.15) is 5.82 Å². The van der Waals surface area contributed by atoms with Gasteiger partial charge in [-0.2, -0.15) is 0 Å². The van der Waals surface area contributed by atoms with Gasteiger partial charge < -0.3 is 4.57 Å². The first-order valence-corrected chi connectivity index (χ1v) is 14.1. The van der Waals surface area contributed by atoms with Gasteiger partial charge in [0.15, 0.2) is 5.17 Å². The van der Waals surface area contributed by atoms with Crippen LogP contribution >= 0.6 is 23.4 Å². The van der Waals surface area contributed by atoms with Gasteiger partial charge in [0.05, 0.1) is 21.3 Å². The van der Waals surface area contributed by atoms with E-state index in [-0.39, 0.29) is 10.9 Å². The number of aryl methyl sites for hydroxylation is 3. The van der Waals surface area contributed by atoms with Gasteiger partial charge in [0.2, 0.25) is 0 Å². The first-order valence-electron chi connectivity index (χ1n) is 12.9. The van der Waals surface area contributed by atoms with E-state index in [0.29, 0.717) is 10.1 Å². The van der Waals surface area contributed by atoms with Gasteiger partial charge >= 0.3 is 0 Å². The van der Waals surface area contributed by atoms with Gasteiger partial charge in [-0.25, -0.2) is 9.38 Å². The molecule has 1 saturated heterocycles. The molecule has 39 heavy (non-hydrogen) atoms. The van der Waals surface area contributed by atoms with E-state index in [1.807, 2.05) is 67.0 Å². The van der Waals surface area contributed by atoms with Gasteiger partial charge in [-0.1, -0.05) is 49.7 Å². The van der Waals surface area contributed by atoms with Crippen LogP contribution in [0.5, 0.6) is 0 Å². The number of hydrogen-bond donors (Lipinski definition) is 0. The first kappa shape index (κ1) is 27.0. The summed E-state index contributed by atoms with van der Waals surface area (Å²) < 4.78 is 15.8. The van der Waals surface area contributed by atoms with Crippen LogP contribution in [0.3, 0.4) is 0 Å². The fraction of sp³-hybridized carbons (Fsp3) is 0.188. The highest BCUT2D eigenvalue weighted by Crippen LogP contribution is 2.38. The zero-order valence-electron chi connectivity index (χ0n) is 22.3. The average Bonchev–Trinajstić information content (AvgIpc) is 3.40. The van der Waals surface area contributed by atoms with Crippen molar-refractivity contribution in [3.63, 3.8) is 0 Å². The predicted molar refractivity (Wildman–Crippen MR) is 162 cm³/mol. The smallest absolute Gasteiger partial charge is 0.271 e. The lowest BCUT2D eigenvalue weighted by molar-refractivity contribution is -0.113. The topological polar surface area (TPSA) is 37.6 Å². The lowest BCUT2D eigenvalue weighted by atomic mass is 10.1. The molecule has 3 aromatic carbocycles. The minimum atomic E-state index is -0.457. The van der Waals surface area contributed by atoms with Crippen LogP contribution in [0.25, 0.3) is 11.8 Å². The molecule has 0 bridgehead atoms. The fourth-order valence-electron chi connectivity index (χ4n) is 4.67. The van der Waals surface area contributed by atoms with Crippen LogP contribution in [0.2, 0.25) is 5.02 Å². The Morgan fingerprint density at radius 3 is 2.13 bits per heavy atom. The lowest BCUT2D eigenvalue weighted by Crippen LogP contribution is -2.28. The van der Waals surface area contributed by atoms with E-state index < -0.39 is 5.82 Å². The van der Waals surface area contributed by atoms with Crippen molar-refractivity contribution in [2.45, 2.75) is 40.5 Å². The zero-order valence-corrected chi connectivity index (χ0v) is 23.9. The van der Waals surface area contributed by atoms with Crippen molar-refractivity contribution >= 4 is 51.9 Å². The number of anilines is 1. The molecule has 1 fully saturated rings. The van der Waals surface area contributed by atoms with Crippen LogP contribution < -0.4 is 4.90 Å². The second kappa shape index (κ2) is 11.2. The minimum absolute atomic E-state index is 0.0685. The molecular weight excluding hydrogens is 529 g/mol. The van der Waals surface area contributed by atoms with Crippen LogP contribution in [0.1, 0.15) is 41.9 Å². The summed E-state index contributed by atoms with van der Waals surface area (Å²) in [5.41, 5.74) is 7.56. The lowest BCUT2D eigenvalue weighted by Gasteiger charge is -2.16. The van der Waals surface area contributed by atoms with E-state index in [0.717, 1.165) is 46.9 Å². The van der Waals surface area contributed by atoms with E-state index >= 15 is 0 Å². The molecule has 4 aromatic rings. The summed E-state index contributed by atoms with van der Waals surface area (Å²) in [7, 11) is 0. The second-order valence-electron chi connectivity index (χ2n) is 9.45. The van der Waals surface area contributed by atoms with Gasteiger partial charge in [0.25, 0.3) is 5.91 Å². The van der Waals surface area contributed by atoms with Gasteiger partial charge in [-0.05, 0) is 110 Å². The molecule has 1 aliphatic heterocycles. The van der Waals surface area contributed by atoms with Crippen LogP contribution in [-0.2, 0) is 17.6 Å². The Balaban J connectivity index is 1.56. The molecule has 7 heteroatoms. The Labute approximate surface area is 237 Å². The highest BCUT2D eigenvalue weighted by atomic mass is 35.5. The number of rotatable bonds is 6. The van der Waals surface area contributed by atoms with Crippen LogP contribution in [-0.4, -0.2) is 15.6 Å². The molecule has 198 valence electrons. The summed E-state index contributed by atoms with van der Waals surface area (Å²) in [4.78, 5) is 20.9. The number of amides is 1. The Morgan fingerprint density at radius 1 is 0.897 bits per heavy atom. The van der Waals surface area contributed by atoms with Crippen LogP contribution in [0.4, 0.5) is 15.8 Å². The zero-order chi connectivity index (χ0) is 27.7. The standard InChI is InChI=1S/C32H29ClFN3OS/c1-5-22-7-11-25(12-8-22)35-32-37(26-13-9-23(6-2)10-14-26)31(38)30(39-32)18-24-17-20(3)36(21(24)4)27-15-16-29(34)28(33)19-27/h7-19H,5-6H2,1-4H3/b30-18-,35-32?. The second-order valence-corrected chi connectivity index (χ2v) is 10.9. The maximum atomic E-state index is 13.8. The molecule has 0 saturated carbocycles. The highest BCUT2D eigenvalue weighted by Gasteiger charge is 2.35. The van der Waals surface area contributed by atoms with E-state index in [1.54, 1.807) is 17.0 Å². The van der Waals surface area contributed by atoms with E-state index in [2.05, 4.69) is 26.0 Å². The van der Waals surface area contributed by atoms with Crippen molar-refractivity contribution in [3.8, 4) is 5.69 Å². The third kappa shape index (κ3) is 5.45. The van der Waals surface area contributed by atoms with E-state index in [9.17, 15) is 9.18 Å². The van der Waals surface area contributed by atoms with Crippen molar-refractivity contribution in [1.82, 2.24) is 4.57 Å². The quantitative estimate of drug-likeness (QED) is 0.222. The monoisotopic (exact) mass is 557 g/mol. The molecule has 0 N–H and O–H groups in total. The number of aliphatic imine (C=N–C) groups is 1. The molecule has 0 spiro atoms.